The van der Waals surface area contributed by atoms with Crippen molar-refractivity contribution in [1.82, 2.24) is 4.98 Å². The van der Waals surface area contributed by atoms with Crippen molar-refractivity contribution >= 4 is 40.6 Å². The second kappa shape index (κ2) is 6.02. The van der Waals surface area contributed by atoms with Crippen LogP contribution >= 0.6 is 23.2 Å². The summed E-state index contributed by atoms with van der Waals surface area (Å²) in [6, 6.07) is 4.54. The van der Waals surface area contributed by atoms with Crippen LogP contribution < -0.4 is 5.32 Å². The van der Waals surface area contributed by atoms with Crippen LogP contribution in [0.15, 0.2) is 30.5 Å². The third-order valence-corrected chi connectivity index (χ3v) is 3.23. The van der Waals surface area contributed by atoms with Crippen LogP contribution in [-0.2, 0) is 0 Å². The predicted octanol–water partition coefficient (Wildman–Crippen LogP) is 3.69. The van der Waals surface area contributed by atoms with Crippen molar-refractivity contribution in [3.63, 3.8) is 0 Å². The van der Waals surface area contributed by atoms with Gasteiger partial charge in [-0.25, -0.2) is 9.37 Å². The molecule has 1 heterocycles. The van der Waals surface area contributed by atoms with Gasteiger partial charge in [0.25, 0.3) is 11.6 Å². The number of benzene rings is 1. The first-order valence-electron chi connectivity index (χ1n) is 5.45. The number of nitrogens with zero attached hydrogens (tertiary/aromatic N) is 2. The molecule has 0 bridgehead atoms. The fraction of sp³-hybridized carbons (Fsp3) is 0. The minimum atomic E-state index is -0.749. The lowest BCUT2D eigenvalue weighted by atomic mass is 10.2. The van der Waals surface area contributed by atoms with Crippen molar-refractivity contribution in [3.05, 3.63) is 62.0 Å². The summed E-state index contributed by atoms with van der Waals surface area (Å²) in [5.74, 6) is -1.15. The maximum Gasteiger partial charge on any atom is 0.290 e. The Bertz CT molecular complexity index is 722. The summed E-state index contributed by atoms with van der Waals surface area (Å²) in [5, 5.41) is 12.8. The molecule has 0 fully saturated rings. The number of aromatic nitrogens is 1. The average molecular weight is 330 g/mol. The topological polar surface area (TPSA) is 85.1 Å². The Morgan fingerprint density at radius 2 is 2.05 bits per heavy atom. The number of rotatable bonds is 3. The molecule has 0 aliphatic carbocycles. The van der Waals surface area contributed by atoms with Crippen molar-refractivity contribution in [1.29, 1.82) is 0 Å². The Morgan fingerprint density at radius 3 is 2.62 bits per heavy atom. The van der Waals surface area contributed by atoms with Gasteiger partial charge in [-0.2, -0.15) is 0 Å². The highest BCUT2D eigenvalue weighted by atomic mass is 35.5. The maximum absolute atomic E-state index is 12.7. The highest BCUT2D eigenvalue weighted by molar-refractivity contribution is 6.43. The van der Waals surface area contributed by atoms with Gasteiger partial charge in [-0.15, -0.1) is 0 Å². The van der Waals surface area contributed by atoms with Crippen LogP contribution in [0.4, 0.5) is 15.9 Å². The molecule has 0 radical (unpaired) electrons. The van der Waals surface area contributed by atoms with Crippen LogP contribution in [0.1, 0.15) is 10.4 Å². The zero-order valence-corrected chi connectivity index (χ0v) is 11.7. The Balaban J connectivity index is 2.31. The first kappa shape index (κ1) is 15.1. The molecule has 0 aliphatic heterocycles. The Morgan fingerprint density at radius 1 is 1.33 bits per heavy atom. The molecule has 1 amide bonds. The molecule has 1 aromatic heterocycles. The van der Waals surface area contributed by atoms with E-state index in [1.54, 1.807) is 0 Å². The average Bonchev–Trinajstić information content (AvgIpc) is 2.43. The van der Waals surface area contributed by atoms with Crippen LogP contribution in [0.25, 0.3) is 0 Å². The van der Waals surface area contributed by atoms with Crippen molar-refractivity contribution in [2.45, 2.75) is 0 Å². The highest BCUT2D eigenvalue weighted by Gasteiger charge is 2.20. The lowest BCUT2D eigenvalue weighted by Crippen LogP contribution is -2.13. The van der Waals surface area contributed by atoms with Gasteiger partial charge in [0.2, 0.25) is 0 Å². The number of pyridine rings is 1. The Kier molecular flexibility index (Phi) is 4.35. The van der Waals surface area contributed by atoms with E-state index in [1.807, 2.05) is 0 Å². The van der Waals surface area contributed by atoms with Gasteiger partial charge < -0.3 is 5.32 Å². The predicted molar refractivity (Wildman–Crippen MR) is 75.3 cm³/mol. The fourth-order valence-electron chi connectivity index (χ4n) is 1.48. The van der Waals surface area contributed by atoms with E-state index in [4.69, 9.17) is 23.2 Å². The summed E-state index contributed by atoms with van der Waals surface area (Å²) >= 11 is 11.4. The van der Waals surface area contributed by atoms with Gasteiger partial charge in [-0.3, -0.25) is 14.9 Å². The van der Waals surface area contributed by atoms with Crippen molar-refractivity contribution in [2.75, 3.05) is 5.32 Å². The lowest BCUT2D eigenvalue weighted by Gasteiger charge is -2.06. The smallest absolute Gasteiger partial charge is 0.290 e. The van der Waals surface area contributed by atoms with Gasteiger partial charge in [0.05, 0.1) is 16.1 Å². The SMILES string of the molecule is O=C(Nc1ccc(F)cn1)c1cc(Cl)c(Cl)c([N+](=O)[O-])c1. The number of nitro benzene ring substituents is 1. The van der Waals surface area contributed by atoms with Gasteiger partial charge in [0.15, 0.2) is 0 Å². The van der Waals surface area contributed by atoms with E-state index in [0.717, 1.165) is 18.3 Å². The molecule has 0 saturated carbocycles. The fourth-order valence-corrected chi connectivity index (χ4v) is 1.87. The van der Waals surface area contributed by atoms with Crippen LogP contribution in [0.3, 0.4) is 0 Å². The molecule has 0 spiro atoms. The highest BCUT2D eigenvalue weighted by Crippen LogP contribution is 2.33. The zero-order chi connectivity index (χ0) is 15.6. The monoisotopic (exact) mass is 329 g/mol. The van der Waals surface area contributed by atoms with Crippen molar-refractivity contribution in [2.24, 2.45) is 0 Å². The number of carbonyl (C=O) groups is 1. The van der Waals surface area contributed by atoms with E-state index in [1.165, 1.54) is 12.1 Å². The van der Waals surface area contributed by atoms with Gasteiger partial charge >= 0.3 is 0 Å². The first-order chi connectivity index (χ1) is 9.88. The van der Waals surface area contributed by atoms with Gasteiger partial charge in [-0.05, 0) is 18.2 Å². The molecule has 6 nitrogen and oxygen atoms in total. The number of nitro groups is 1. The quantitative estimate of drug-likeness (QED) is 0.687. The molecule has 108 valence electrons. The van der Waals surface area contributed by atoms with E-state index < -0.39 is 22.3 Å². The van der Waals surface area contributed by atoms with Crippen LogP contribution in [0, 0.1) is 15.9 Å². The minimum Gasteiger partial charge on any atom is -0.307 e. The molecule has 0 atom stereocenters. The third-order valence-electron chi connectivity index (χ3n) is 2.44. The van der Waals surface area contributed by atoms with Crippen LogP contribution in [-0.4, -0.2) is 15.8 Å². The lowest BCUT2D eigenvalue weighted by molar-refractivity contribution is -0.384. The number of hydrogen-bond donors (Lipinski definition) is 1. The van der Waals surface area contributed by atoms with E-state index in [2.05, 4.69) is 10.3 Å². The second-order valence-corrected chi connectivity index (χ2v) is 4.65. The van der Waals surface area contributed by atoms with Crippen molar-refractivity contribution in [3.8, 4) is 0 Å². The van der Waals surface area contributed by atoms with Crippen LogP contribution in [0.2, 0.25) is 10.0 Å². The molecule has 9 heteroatoms. The molecule has 0 aliphatic rings. The standard InChI is InChI=1S/C12H6Cl2FN3O3/c13-8-3-6(4-9(11(8)14)18(20)21)12(19)17-10-2-1-7(15)5-16-10/h1-5H,(H,16,17,19). The Hall–Kier alpha value is -2.25. The second-order valence-electron chi connectivity index (χ2n) is 3.86. The molecule has 1 aromatic carbocycles. The third kappa shape index (κ3) is 3.45. The normalized spacial score (nSPS) is 10.2. The number of halogens is 3. The molecule has 0 saturated heterocycles. The number of anilines is 1. The van der Waals surface area contributed by atoms with E-state index in [0.29, 0.717) is 0 Å². The molecular weight excluding hydrogens is 324 g/mol. The maximum atomic E-state index is 12.7. The largest absolute Gasteiger partial charge is 0.307 e. The number of carbonyl (C=O) groups excluding carboxylic acids is 1. The minimum absolute atomic E-state index is 0.0674. The number of hydrogen-bond acceptors (Lipinski definition) is 4. The van der Waals surface area contributed by atoms with E-state index in [-0.39, 0.29) is 21.4 Å². The van der Waals surface area contributed by atoms with E-state index in [9.17, 15) is 19.3 Å². The number of amides is 1. The number of nitrogens with one attached hydrogen (secondary N) is 1. The Labute approximate surface area is 127 Å². The summed E-state index contributed by atoms with van der Waals surface area (Å²) in [4.78, 5) is 25.7. The summed E-state index contributed by atoms with van der Waals surface area (Å²) in [6.07, 6.45) is 0.924. The molecular formula is C12H6Cl2FN3O3. The van der Waals surface area contributed by atoms with Gasteiger partial charge in [0, 0.05) is 11.6 Å². The van der Waals surface area contributed by atoms with Gasteiger partial charge in [-0.1, -0.05) is 23.2 Å². The molecule has 21 heavy (non-hydrogen) atoms. The van der Waals surface area contributed by atoms with Crippen molar-refractivity contribution < 1.29 is 14.1 Å². The summed E-state index contributed by atoms with van der Waals surface area (Å²) in [6.45, 7) is 0. The molecule has 1 N–H and O–H groups in total. The first-order valence-corrected chi connectivity index (χ1v) is 6.20. The van der Waals surface area contributed by atoms with E-state index >= 15 is 0 Å². The molecule has 2 aromatic rings. The van der Waals surface area contributed by atoms with Crippen LogP contribution in [0.5, 0.6) is 0 Å². The zero-order valence-electron chi connectivity index (χ0n) is 10.1. The summed E-state index contributed by atoms with van der Waals surface area (Å²) < 4.78 is 12.7. The molecule has 0 unspecified atom stereocenters. The van der Waals surface area contributed by atoms with Gasteiger partial charge in [0.1, 0.15) is 16.7 Å². The summed E-state index contributed by atoms with van der Waals surface area (Å²) in [5.41, 5.74) is -0.552. The summed E-state index contributed by atoms with van der Waals surface area (Å²) in [7, 11) is 0. The molecule has 2 rings (SSSR count).